The highest BCUT2D eigenvalue weighted by atomic mass is 16.7. The zero-order chi connectivity index (χ0) is 35.1. The fraction of sp³-hybridized carbons (Fsp3) is 0.515. The average Bonchev–Trinajstić information content (AvgIpc) is 3.05. The molecule has 1 saturated heterocycles. The van der Waals surface area contributed by atoms with Gasteiger partial charge < -0.3 is 54.6 Å². The Morgan fingerprint density at radius 3 is 2.35 bits per heavy atom. The zero-order valence-electron chi connectivity index (χ0n) is 26.9. The molecule has 2 aromatic carbocycles. The number of carbonyl (C=O) groups excluding carboxylic acids is 4. The first-order valence-corrected chi connectivity index (χ1v) is 15.5. The lowest BCUT2D eigenvalue weighted by molar-refractivity contribution is -0.247. The average molecular weight is 674 g/mol. The maximum Gasteiger partial charge on any atom is 0.363 e. The normalized spacial score (nSPS) is 26.5. The monoisotopic (exact) mass is 673 g/mol. The minimum atomic E-state index is -2.38. The van der Waals surface area contributed by atoms with Crippen LogP contribution in [0.25, 0.3) is 0 Å². The molecule has 15 heteroatoms. The van der Waals surface area contributed by atoms with Crippen LogP contribution in [0, 0.1) is 0 Å². The molecule has 260 valence electrons. The third-order valence-corrected chi connectivity index (χ3v) is 8.84. The number of benzene rings is 2. The van der Waals surface area contributed by atoms with E-state index in [0.717, 1.165) is 0 Å². The number of methoxy groups -OCH3 is 1. The molecule has 0 aromatic heterocycles. The zero-order valence-corrected chi connectivity index (χ0v) is 26.9. The summed E-state index contributed by atoms with van der Waals surface area (Å²) < 4.78 is 32.7. The Bertz CT molecular complexity index is 1610. The number of esters is 1. The molecule has 1 aliphatic heterocycles. The van der Waals surface area contributed by atoms with Crippen molar-refractivity contribution < 1.29 is 68.0 Å². The van der Waals surface area contributed by atoms with Crippen LogP contribution < -0.4 is 10.5 Å². The molecule has 0 radical (unpaired) electrons. The minimum absolute atomic E-state index is 0.0305. The number of rotatable bonds is 11. The molecule has 6 atom stereocenters. The van der Waals surface area contributed by atoms with Gasteiger partial charge in [0.2, 0.25) is 11.6 Å². The second-order valence-electron chi connectivity index (χ2n) is 11.9. The van der Waals surface area contributed by atoms with Crippen molar-refractivity contribution in [1.29, 1.82) is 0 Å². The van der Waals surface area contributed by atoms with Gasteiger partial charge in [-0.2, -0.15) is 0 Å². The third-order valence-electron chi connectivity index (χ3n) is 8.84. The number of aliphatic hydroxyl groups excluding tert-OH is 1. The number of Topliss-reactive ketones (excluding diaryl/α,β-unsaturated/α-hetero) is 1. The summed E-state index contributed by atoms with van der Waals surface area (Å²) in [6.07, 6.45) is -7.01. The van der Waals surface area contributed by atoms with Crippen molar-refractivity contribution in [2.75, 3.05) is 26.9 Å². The Hall–Kier alpha value is -3.96. The van der Waals surface area contributed by atoms with Crippen molar-refractivity contribution in [2.24, 2.45) is 5.73 Å². The Morgan fingerprint density at radius 2 is 1.73 bits per heavy atom. The summed E-state index contributed by atoms with van der Waals surface area (Å²) in [5.74, 6) is -5.00. The highest BCUT2D eigenvalue weighted by molar-refractivity contribution is 6.31. The van der Waals surface area contributed by atoms with E-state index in [1.807, 2.05) is 0 Å². The van der Waals surface area contributed by atoms with Gasteiger partial charge in [-0.25, -0.2) is 4.79 Å². The fourth-order valence-electron chi connectivity index (χ4n) is 6.43. The molecule has 1 fully saturated rings. The highest BCUT2D eigenvalue weighted by Crippen LogP contribution is 2.52. The van der Waals surface area contributed by atoms with Gasteiger partial charge in [0.15, 0.2) is 18.7 Å². The molecule has 0 amide bonds. The predicted octanol–water partition coefficient (Wildman–Crippen LogP) is 0.951. The fourth-order valence-corrected chi connectivity index (χ4v) is 6.43. The van der Waals surface area contributed by atoms with Crippen LogP contribution in [-0.2, 0) is 39.7 Å². The molecule has 6 N–H and O–H groups in total. The largest absolute Gasteiger partial charge is 0.507 e. The second-order valence-corrected chi connectivity index (χ2v) is 11.9. The molecule has 0 bridgehead atoms. The van der Waals surface area contributed by atoms with E-state index in [0.29, 0.717) is 0 Å². The van der Waals surface area contributed by atoms with Crippen molar-refractivity contribution in [1.82, 2.24) is 0 Å². The van der Waals surface area contributed by atoms with Gasteiger partial charge in [-0.3, -0.25) is 14.4 Å². The molecular formula is C33H39NO14. The number of hydrogen-bond donors (Lipinski definition) is 5. The van der Waals surface area contributed by atoms with Crippen LogP contribution >= 0.6 is 0 Å². The number of ketones is 3. The van der Waals surface area contributed by atoms with E-state index < -0.39 is 108 Å². The first-order chi connectivity index (χ1) is 22.8. The lowest BCUT2D eigenvalue weighted by Gasteiger charge is -2.42. The van der Waals surface area contributed by atoms with Gasteiger partial charge >= 0.3 is 5.97 Å². The Kier molecular flexibility index (Phi) is 10.2. The number of hydrogen-bond acceptors (Lipinski definition) is 15. The lowest BCUT2D eigenvalue weighted by Crippen LogP contribution is -2.53. The Labute approximate surface area is 275 Å². The van der Waals surface area contributed by atoms with Crippen LogP contribution in [0.4, 0.5) is 0 Å². The maximum absolute atomic E-state index is 13.9. The smallest absolute Gasteiger partial charge is 0.363 e. The molecule has 2 aromatic rings. The van der Waals surface area contributed by atoms with Gasteiger partial charge in [0.1, 0.15) is 22.8 Å². The van der Waals surface area contributed by atoms with Gasteiger partial charge in [-0.15, -0.1) is 0 Å². The van der Waals surface area contributed by atoms with E-state index in [1.54, 1.807) is 20.8 Å². The summed E-state index contributed by atoms with van der Waals surface area (Å²) in [6.45, 7) is 4.12. The number of phenols is 2. The molecule has 3 aliphatic rings. The number of carbonyl (C=O) groups is 4. The number of aliphatic hydroxyl groups is 2. The van der Waals surface area contributed by atoms with Crippen molar-refractivity contribution in [3.63, 3.8) is 0 Å². The molecule has 15 nitrogen and oxygen atoms in total. The number of nitrogens with two attached hydrogens (primary N) is 1. The third kappa shape index (κ3) is 6.18. The highest BCUT2D eigenvalue weighted by Gasteiger charge is 2.50. The van der Waals surface area contributed by atoms with Crippen LogP contribution in [0.5, 0.6) is 17.2 Å². The second kappa shape index (κ2) is 13.9. The van der Waals surface area contributed by atoms with Gasteiger partial charge in [0.25, 0.3) is 6.29 Å². The van der Waals surface area contributed by atoms with Gasteiger partial charge in [0, 0.05) is 55.2 Å². The molecule has 0 saturated carbocycles. The molecule has 2 aliphatic carbocycles. The first-order valence-electron chi connectivity index (χ1n) is 15.5. The summed E-state index contributed by atoms with van der Waals surface area (Å²) in [5, 5.41) is 45.4. The lowest BCUT2D eigenvalue weighted by atomic mass is 9.72. The SMILES string of the molecule is CCOC(OCC)C(=O)OCC(=O)[C@]1(O)Cc2c(O)c3c(c(O)c2C(OC2CC(N)C(O)C(C)O2)C1)C(=O)c1c(OC)cccc1C3=O. The molecule has 1 heterocycles. The van der Waals surface area contributed by atoms with Crippen LogP contribution in [0.3, 0.4) is 0 Å². The van der Waals surface area contributed by atoms with Crippen molar-refractivity contribution in [2.45, 2.75) is 82.6 Å². The summed E-state index contributed by atoms with van der Waals surface area (Å²) in [4.78, 5) is 53.7. The predicted molar refractivity (Wildman–Crippen MR) is 163 cm³/mol. The number of phenolic OH excluding ortho intramolecular Hbond substituents is 2. The van der Waals surface area contributed by atoms with Gasteiger partial charge in [-0.05, 0) is 26.8 Å². The summed E-state index contributed by atoms with van der Waals surface area (Å²) >= 11 is 0. The maximum atomic E-state index is 13.9. The molecule has 5 unspecified atom stereocenters. The van der Waals surface area contributed by atoms with E-state index in [2.05, 4.69) is 0 Å². The summed E-state index contributed by atoms with van der Waals surface area (Å²) in [7, 11) is 1.31. The molecule has 5 rings (SSSR count). The molecule has 48 heavy (non-hydrogen) atoms. The Balaban J connectivity index is 1.57. The van der Waals surface area contributed by atoms with Crippen LogP contribution in [-0.4, -0.2) is 107 Å². The van der Waals surface area contributed by atoms with Crippen LogP contribution in [0.15, 0.2) is 18.2 Å². The van der Waals surface area contributed by atoms with E-state index in [4.69, 9.17) is 34.2 Å². The van der Waals surface area contributed by atoms with Gasteiger partial charge in [-0.1, -0.05) is 12.1 Å². The molecule has 0 spiro atoms. The van der Waals surface area contributed by atoms with E-state index >= 15 is 0 Å². The van der Waals surface area contributed by atoms with E-state index in [9.17, 15) is 39.6 Å². The standard InChI is InChI=1S/C33H39NO14/c1-5-44-32(45-6-2)31(41)46-13-20(35)33(42)11-16-23(19(12-33)48-21-10-17(34)26(36)14(3)47-21)30(40)25-24(28(16)38)27(37)15-8-7-9-18(43-4)22(15)29(25)39/h7-9,14,17,19,21,26,32,36,38,40,42H,5-6,10-13,34H2,1-4H3/t14?,17?,19?,21?,26?,33-/m0/s1. The molecular weight excluding hydrogens is 634 g/mol. The number of fused-ring (bicyclic) bond motifs is 3. The Morgan fingerprint density at radius 1 is 1.06 bits per heavy atom. The van der Waals surface area contributed by atoms with E-state index in [1.165, 1.54) is 25.3 Å². The quantitative estimate of drug-likeness (QED) is 0.108. The number of aromatic hydroxyl groups is 2. The van der Waals surface area contributed by atoms with E-state index in [-0.39, 0.29) is 47.6 Å². The minimum Gasteiger partial charge on any atom is -0.507 e. The van der Waals surface area contributed by atoms with Crippen molar-refractivity contribution in [3.05, 3.63) is 51.6 Å². The van der Waals surface area contributed by atoms with Crippen molar-refractivity contribution in [3.8, 4) is 17.2 Å². The van der Waals surface area contributed by atoms with Gasteiger partial charge in [0.05, 0.1) is 42.1 Å². The van der Waals surface area contributed by atoms with Crippen LogP contribution in [0.1, 0.15) is 82.7 Å². The summed E-state index contributed by atoms with van der Waals surface area (Å²) in [6, 6.07) is 3.55. The summed E-state index contributed by atoms with van der Waals surface area (Å²) in [5.41, 5.74) is 2.06. The number of ether oxygens (including phenoxy) is 6. The topological polar surface area (TPSA) is 231 Å². The first kappa shape index (κ1) is 35.3. The van der Waals surface area contributed by atoms with Crippen molar-refractivity contribution >= 4 is 23.3 Å². The van der Waals surface area contributed by atoms with Crippen LogP contribution in [0.2, 0.25) is 0 Å².